The second kappa shape index (κ2) is 8.23. The first-order chi connectivity index (χ1) is 5.81. The average Bonchev–Trinajstić information content (AvgIpc) is 2.05. The van der Waals surface area contributed by atoms with E-state index < -0.39 is 0 Å². The van der Waals surface area contributed by atoms with E-state index in [-0.39, 0.29) is 19.2 Å². The summed E-state index contributed by atoms with van der Waals surface area (Å²) in [7, 11) is 0. The standard InChI is InChI=1S/C8H14O4/c1-2-12-8(10)7-11-6-4-3-5-9/h3-4,9H,2,5-7H2,1H3/b4-3-. The summed E-state index contributed by atoms with van der Waals surface area (Å²) in [6.07, 6.45) is 3.18. The van der Waals surface area contributed by atoms with E-state index in [1.165, 1.54) is 0 Å². The van der Waals surface area contributed by atoms with Crippen molar-refractivity contribution in [1.29, 1.82) is 0 Å². The number of carbonyl (C=O) groups excluding carboxylic acids is 1. The Hall–Kier alpha value is -0.870. The van der Waals surface area contributed by atoms with Gasteiger partial charge in [-0.1, -0.05) is 12.2 Å². The SMILES string of the molecule is CCOC(=O)COC/C=C\CO. The zero-order valence-electron chi connectivity index (χ0n) is 7.16. The maximum atomic E-state index is 10.7. The van der Waals surface area contributed by atoms with Crippen molar-refractivity contribution in [3.63, 3.8) is 0 Å². The highest BCUT2D eigenvalue weighted by Gasteiger charge is 1.98. The Kier molecular flexibility index (Phi) is 7.63. The Morgan fingerprint density at radius 2 is 2.25 bits per heavy atom. The number of ether oxygens (including phenoxy) is 2. The number of hydrogen-bond donors (Lipinski definition) is 1. The Morgan fingerprint density at radius 3 is 2.83 bits per heavy atom. The van der Waals surface area contributed by atoms with Crippen molar-refractivity contribution in [3.8, 4) is 0 Å². The van der Waals surface area contributed by atoms with E-state index in [2.05, 4.69) is 4.74 Å². The van der Waals surface area contributed by atoms with Crippen molar-refractivity contribution < 1.29 is 19.4 Å². The van der Waals surface area contributed by atoms with Crippen LogP contribution in [-0.4, -0.2) is 37.5 Å². The molecule has 0 aromatic carbocycles. The van der Waals surface area contributed by atoms with Gasteiger partial charge in [0.25, 0.3) is 0 Å². The van der Waals surface area contributed by atoms with Gasteiger partial charge in [-0.05, 0) is 6.92 Å². The quantitative estimate of drug-likeness (QED) is 0.353. The lowest BCUT2D eigenvalue weighted by Gasteiger charge is -2.00. The van der Waals surface area contributed by atoms with E-state index >= 15 is 0 Å². The third-order valence-electron chi connectivity index (χ3n) is 1.01. The van der Waals surface area contributed by atoms with Gasteiger partial charge in [-0.2, -0.15) is 0 Å². The van der Waals surface area contributed by atoms with Crippen LogP contribution in [0.5, 0.6) is 0 Å². The maximum Gasteiger partial charge on any atom is 0.332 e. The topological polar surface area (TPSA) is 55.8 Å². The lowest BCUT2D eigenvalue weighted by molar-refractivity contribution is -0.147. The molecule has 0 fully saturated rings. The van der Waals surface area contributed by atoms with Crippen molar-refractivity contribution in [2.75, 3.05) is 26.4 Å². The van der Waals surface area contributed by atoms with E-state index in [1.54, 1.807) is 19.1 Å². The summed E-state index contributed by atoms with van der Waals surface area (Å²) in [5.41, 5.74) is 0. The smallest absolute Gasteiger partial charge is 0.332 e. The minimum Gasteiger partial charge on any atom is -0.464 e. The van der Waals surface area contributed by atoms with Gasteiger partial charge in [0.05, 0.1) is 19.8 Å². The Bertz CT molecular complexity index is 142. The zero-order valence-corrected chi connectivity index (χ0v) is 7.16. The van der Waals surface area contributed by atoms with E-state index in [1.807, 2.05) is 0 Å². The molecule has 70 valence electrons. The van der Waals surface area contributed by atoms with Gasteiger partial charge < -0.3 is 14.6 Å². The fourth-order valence-electron chi connectivity index (χ4n) is 0.556. The van der Waals surface area contributed by atoms with E-state index in [0.29, 0.717) is 13.2 Å². The Labute approximate surface area is 71.8 Å². The van der Waals surface area contributed by atoms with Gasteiger partial charge in [-0.3, -0.25) is 0 Å². The summed E-state index contributed by atoms with van der Waals surface area (Å²) >= 11 is 0. The van der Waals surface area contributed by atoms with Crippen LogP contribution in [-0.2, 0) is 14.3 Å². The van der Waals surface area contributed by atoms with Crippen molar-refractivity contribution in [2.24, 2.45) is 0 Å². The first kappa shape index (κ1) is 11.1. The summed E-state index contributed by atoms with van der Waals surface area (Å²) in [4.78, 5) is 10.7. The molecule has 0 saturated carbocycles. The molecule has 0 aromatic heterocycles. The largest absolute Gasteiger partial charge is 0.464 e. The minimum atomic E-state index is -0.366. The molecular formula is C8H14O4. The van der Waals surface area contributed by atoms with Crippen LogP contribution in [0.25, 0.3) is 0 Å². The van der Waals surface area contributed by atoms with Crippen LogP contribution >= 0.6 is 0 Å². The van der Waals surface area contributed by atoms with Gasteiger partial charge in [-0.15, -0.1) is 0 Å². The molecule has 0 aliphatic rings. The molecule has 0 aliphatic carbocycles. The molecule has 0 amide bonds. The highest BCUT2D eigenvalue weighted by Crippen LogP contribution is 1.82. The van der Waals surface area contributed by atoms with Crippen LogP contribution in [0.15, 0.2) is 12.2 Å². The van der Waals surface area contributed by atoms with Crippen LogP contribution in [0.3, 0.4) is 0 Å². The Balaban J connectivity index is 3.19. The maximum absolute atomic E-state index is 10.7. The number of carbonyl (C=O) groups is 1. The molecule has 1 N–H and O–H groups in total. The van der Waals surface area contributed by atoms with E-state index in [4.69, 9.17) is 9.84 Å². The third-order valence-corrected chi connectivity index (χ3v) is 1.01. The molecule has 0 spiro atoms. The van der Waals surface area contributed by atoms with Crippen molar-refractivity contribution in [1.82, 2.24) is 0 Å². The molecule has 0 bridgehead atoms. The number of esters is 1. The molecule has 0 atom stereocenters. The van der Waals surface area contributed by atoms with E-state index in [0.717, 1.165) is 0 Å². The second-order valence-corrected chi connectivity index (χ2v) is 1.97. The van der Waals surface area contributed by atoms with Gasteiger partial charge in [0.15, 0.2) is 0 Å². The molecular weight excluding hydrogens is 160 g/mol. The molecule has 4 nitrogen and oxygen atoms in total. The number of rotatable bonds is 6. The van der Waals surface area contributed by atoms with E-state index in [9.17, 15) is 4.79 Å². The molecule has 0 aliphatic heterocycles. The zero-order chi connectivity index (χ0) is 9.23. The van der Waals surface area contributed by atoms with Crippen LogP contribution in [0, 0.1) is 0 Å². The summed E-state index contributed by atoms with van der Waals surface area (Å²) in [5, 5.41) is 8.33. The highest BCUT2D eigenvalue weighted by molar-refractivity contribution is 5.70. The van der Waals surface area contributed by atoms with Crippen LogP contribution in [0.1, 0.15) is 6.92 Å². The van der Waals surface area contributed by atoms with Gasteiger partial charge in [0.2, 0.25) is 0 Å². The first-order valence-electron chi connectivity index (χ1n) is 3.80. The normalized spacial score (nSPS) is 10.5. The number of aliphatic hydroxyl groups excluding tert-OH is 1. The van der Waals surface area contributed by atoms with Gasteiger partial charge in [-0.25, -0.2) is 4.79 Å². The molecule has 0 rings (SSSR count). The predicted molar refractivity (Wildman–Crippen MR) is 43.7 cm³/mol. The summed E-state index contributed by atoms with van der Waals surface area (Å²) < 4.78 is 9.49. The molecule has 0 unspecified atom stereocenters. The third kappa shape index (κ3) is 7.24. The summed E-state index contributed by atoms with van der Waals surface area (Å²) in [6.45, 7) is 2.38. The van der Waals surface area contributed by atoms with Gasteiger partial charge in [0.1, 0.15) is 6.61 Å². The monoisotopic (exact) mass is 174 g/mol. The summed E-state index contributed by atoms with van der Waals surface area (Å²) in [6, 6.07) is 0. The minimum absolute atomic E-state index is 0.0111. The van der Waals surface area contributed by atoms with Crippen molar-refractivity contribution in [2.45, 2.75) is 6.92 Å². The predicted octanol–water partition coefficient (Wildman–Crippen LogP) is 0.115. The molecule has 0 saturated heterocycles. The van der Waals surface area contributed by atoms with Crippen molar-refractivity contribution in [3.05, 3.63) is 12.2 Å². The van der Waals surface area contributed by atoms with Crippen LogP contribution in [0.4, 0.5) is 0 Å². The molecule has 4 heteroatoms. The van der Waals surface area contributed by atoms with Gasteiger partial charge >= 0.3 is 5.97 Å². The molecule has 0 heterocycles. The first-order valence-corrected chi connectivity index (χ1v) is 3.80. The fraction of sp³-hybridized carbons (Fsp3) is 0.625. The fourth-order valence-corrected chi connectivity index (χ4v) is 0.556. The lowest BCUT2D eigenvalue weighted by atomic mass is 10.5. The van der Waals surface area contributed by atoms with Crippen molar-refractivity contribution >= 4 is 5.97 Å². The number of aliphatic hydroxyl groups is 1. The van der Waals surface area contributed by atoms with Gasteiger partial charge in [0, 0.05) is 0 Å². The highest BCUT2D eigenvalue weighted by atomic mass is 16.6. The average molecular weight is 174 g/mol. The lowest BCUT2D eigenvalue weighted by Crippen LogP contribution is -2.12. The van der Waals surface area contributed by atoms with Crippen LogP contribution in [0.2, 0.25) is 0 Å². The second-order valence-electron chi connectivity index (χ2n) is 1.97. The Morgan fingerprint density at radius 1 is 1.50 bits per heavy atom. The molecule has 12 heavy (non-hydrogen) atoms. The molecule has 0 radical (unpaired) electrons. The van der Waals surface area contributed by atoms with Crippen LogP contribution < -0.4 is 0 Å². The molecule has 0 aromatic rings. The summed E-state index contributed by atoms with van der Waals surface area (Å²) in [5.74, 6) is -0.366. The number of hydrogen-bond acceptors (Lipinski definition) is 4.